The number of rotatable bonds is 5. The lowest BCUT2D eigenvalue weighted by Gasteiger charge is -2.29. The summed E-state index contributed by atoms with van der Waals surface area (Å²) in [6.45, 7) is 2.02. The maximum absolute atomic E-state index is 5.97. The molecule has 0 aliphatic rings. The first-order chi connectivity index (χ1) is 8.73. The van der Waals surface area contributed by atoms with Gasteiger partial charge >= 0.3 is 0 Å². The van der Waals surface area contributed by atoms with E-state index in [1.807, 2.05) is 31.2 Å². The number of para-hydroxylation sites is 1. The van der Waals surface area contributed by atoms with Crippen molar-refractivity contribution in [1.29, 1.82) is 0 Å². The summed E-state index contributed by atoms with van der Waals surface area (Å²) in [6, 6.07) is 7.58. The molecule has 18 heavy (non-hydrogen) atoms. The lowest BCUT2D eigenvalue weighted by Crippen LogP contribution is -2.42. The highest BCUT2D eigenvalue weighted by Crippen LogP contribution is 2.20. The summed E-state index contributed by atoms with van der Waals surface area (Å²) in [6.07, 6.45) is 0.788. The first-order valence-corrected chi connectivity index (χ1v) is 6.79. The lowest BCUT2D eigenvalue weighted by atomic mass is 10.0. The van der Waals surface area contributed by atoms with Crippen molar-refractivity contribution in [1.82, 2.24) is 15.2 Å². The zero-order chi connectivity index (χ0) is 13.0. The number of benzene rings is 1. The second kappa shape index (κ2) is 5.67. The van der Waals surface area contributed by atoms with E-state index in [0.717, 1.165) is 17.5 Å². The Balaban J connectivity index is 2.31. The maximum Gasteiger partial charge on any atom is 0.243 e. The van der Waals surface area contributed by atoms with Crippen LogP contribution in [0.3, 0.4) is 0 Å². The fourth-order valence-corrected chi connectivity index (χ4v) is 2.35. The van der Waals surface area contributed by atoms with Crippen molar-refractivity contribution >= 4 is 40.2 Å². The van der Waals surface area contributed by atoms with E-state index in [1.54, 1.807) is 0 Å². The Morgan fingerprint density at radius 3 is 2.39 bits per heavy atom. The van der Waals surface area contributed by atoms with E-state index in [2.05, 4.69) is 20.5 Å². The zero-order valence-electron chi connectivity index (χ0n) is 10.0. The number of hydrogen-bond donors (Lipinski definition) is 1. The third kappa shape index (κ3) is 2.65. The molecule has 0 aliphatic heterocycles. The van der Waals surface area contributed by atoms with Gasteiger partial charge < -0.3 is 5.32 Å². The molecule has 0 unspecified atom stereocenters. The van der Waals surface area contributed by atoms with Gasteiger partial charge in [-0.3, -0.25) is 0 Å². The minimum absolute atomic E-state index is 0.392. The van der Waals surface area contributed by atoms with Crippen LogP contribution in [0.25, 0.3) is 11.0 Å². The Bertz CT molecular complexity index is 520. The molecule has 1 aromatic heterocycles. The standard InChI is InChI=1S/C12H14Cl2N4/c1-2-12(7-13,8-14)16-11-15-9-5-3-4-6-10(9)17-18-11/h3-6H,2,7-8H2,1H3,(H,15,16,18). The highest BCUT2D eigenvalue weighted by molar-refractivity contribution is 6.22. The third-order valence-electron chi connectivity index (χ3n) is 2.93. The van der Waals surface area contributed by atoms with Crippen molar-refractivity contribution in [2.45, 2.75) is 18.9 Å². The number of anilines is 1. The van der Waals surface area contributed by atoms with E-state index in [0.29, 0.717) is 17.7 Å². The van der Waals surface area contributed by atoms with Crippen LogP contribution in [0, 0.1) is 0 Å². The van der Waals surface area contributed by atoms with Gasteiger partial charge in [0.05, 0.1) is 11.1 Å². The van der Waals surface area contributed by atoms with Crippen molar-refractivity contribution in [3.8, 4) is 0 Å². The molecule has 0 spiro atoms. The molecule has 0 aliphatic carbocycles. The minimum atomic E-state index is -0.396. The molecule has 2 rings (SSSR count). The summed E-state index contributed by atoms with van der Waals surface area (Å²) in [4.78, 5) is 4.40. The van der Waals surface area contributed by atoms with Crippen molar-refractivity contribution in [3.63, 3.8) is 0 Å². The lowest BCUT2D eigenvalue weighted by molar-refractivity contribution is 0.554. The molecule has 0 bridgehead atoms. The molecule has 1 heterocycles. The highest BCUT2D eigenvalue weighted by atomic mass is 35.5. The average Bonchev–Trinajstić information content (AvgIpc) is 2.45. The van der Waals surface area contributed by atoms with Crippen LogP contribution in [0.5, 0.6) is 0 Å². The van der Waals surface area contributed by atoms with Crippen LogP contribution in [0.2, 0.25) is 0 Å². The van der Waals surface area contributed by atoms with Crippen LogP contribution in [0.4, 0.5) is 5.95 Å². The maximum atomic E-state index is 5.97. The Morgan fingerprint density at radius 2 is 1.78 bits per heavy atom. The number of aromatic nitrogens is 3. The van der Waals surface area contributed by atoms with Gasteiger partial charge in [-0.15, -0.1) is 33.4 Å². The van der Waals surface area contributed by atoms with Gasteiger partial charge in [-0.2, -0.15) is 0 Å². The molecule has 4 nitrogen and oxygen atoms in total. The highest BCUT2D eigenvalue weighted by Gasteiger charge is 2.27. The summed E-state index contributed by atoms with van der Waals surface area (Å²) < 4.78 is 0. The van der Waals surface area contributed by atoms with Crippen LogP contribution < -0.4 is 5.32 Å². The molecule has 2 aromatic rings. The molecule has 0 radical (unpaired) electrons. The second-order valence-electron chi connectivity index (χ2n) is 4.15. The van der Waals surface area contributed by atoms with Gasteiger partial charge in [0.1, 0.15) is 5.52 Å². The average molecular weight is 285 g/mol. The van der Waals surface area contributed by atoms with Crippen LogP contribution in [-0.4, -0.2) is 32.5 Å². The van der Waals surface area contributed by atoms with Gasteiger partial charge in [0.2, 0.25) is 5.95 Å². The third-order valence-corrected chi connectivity index (χ3v) is 3.95. The van der Waals surface area contributed by atoms with Crippen molar-refractivity contribution in [3.05, 3.63) is 24.3 Å². The van der Waals surface area contributed by atoms with Gasteiger partial charge in [-0.1, -0.05) is 19.1 Å². The minimum Gasteiger partial charge on any atom is -0.345 e. The predicted molar refractivity (Wildman–Crippen MR) is 75.4 cm³/mol. The molecule has 96 valence electrons. The fraction of sp³-hybridized carbons (Fsp3) is 0.417. The fourth-order valence-electron chi connectivity index (χ4n) is 1.55. The molecule has 1 aromatic carbocycles. The normalized spacial score (nSPS) is 11.7. The van der Waals surface area contributed by atoms with E-state index >= 15 is 0 Å². The van der Waals surface area contributed by atoms with Crippen LogP contribution in [0.1, 0.15) is 13.3 Å². The monoisotopic (exact) mass is 284 g/mol. The summed E-state index contributed by atoms with van der Waals surface area (Å²) in [5, 5.41) is 11.3. The smallest absolute Gasteiger partial charge is 0.243 e. The second-order valence-corrected chi connectivity index (χ2v) is 4.68. The summed E-state index contributed by atoms with van der Waals surface area (Å²) in [7, 11) is 0. The molecule has 6 heteroatoms. The molecule has 0 atom stereocenters. The first kappa shape index (κ1) is 13.3. The Hall–Kier alpha value is -1.13. The molecule has 0 saturated heterocycles. The molecular weight excluding hydrogens is 271 g/mol. The zero-order valence-corrected chi connectivity index (χ0v) is 11.5. The molecule has 0 fully saturated rings. The number of alkyl halides is 2. The number of nitrogens with zero attached hydrogens (tertiary/aromatic N) is 3. The molecule has 0 saturated carbocycles. The number of halogens is 2. The van der Waals surface area contributed by atoms with E-state index in [1.165, 1.54) is 0 Å². The number of hydrogen-bond acceptors (Lipinski definition) is 4. The van der Waals surface area contributed by atoms with E-state index in [9.17, 15) is 0 Å². The van der Waals surface area contributed by atoms with Crippen LogP contribution >= 0.6 is 23.2 Å². The van der Waals surface area contributed by atoms with E-state index in [4.69, 9.17) is 23.2 Å². The van der Waals surface area contributed by atoms with Gasteiger partial charge in [0, 0.05) is 11.8 Å². The Kier molecular flexibility index (Phi) is 4.19. The summed E-state index contributed by atoms with van der Waals surface area (Å²) >= 11 is 11.9. The van der Waals surface area contributed by atoms with E-state index in [-0.39, 0.29) is 0 Å². The van der Waals surface area contributed by atoms with Gasteiger partial charge in [-0.25, -0.2) is 4.98 Å². The Labute approximate surface area is 116 Å². The number of nitrogens with one attached hydrogen (secondary N) is 1. The van der Waals surface area contributed by atoms with Gasteiger partial charge in [-0.05, 0) is 18.6 Å². The Morgan fingerprint density at radius 1 is 1.11 bits per heavy atom. The van der Waals surface area contributed by atoms with Gasteiger partial charge in [0.15, 0.2) is 0 Å². The molecule has 0 amide bonds. The van der Waals surface area contributed by atoms with Crippen molar-refractivity contribution in [2.24, 2.45) is 0 Å². The van der Waals surface area contributed by atoms with Gasteiger partial charge in [0.25, 0.3) is 0 Å². The van der Waals surface area contributed by atoms with Crippen molar-refractivity contribution in [2.75, 3.05) is 17.1 Å². The largest absolute Gasteiger partial charge is 0.345 e. The number of fused-ring (bicyclic) bond motifs is 1. The van der Waals surface area contributed by atoms with Crippen molar-refractivity contribution < 1.29 is 0 Å². The van der Waals surface area contributed by atoms with Crippen LogP contribution in [0.15, 0.2) is 24.3 Å². The quantitative estimate of drug-likeness (QED) is 0.858. The summed E-state index contributed by atoms with van der Waals surface area (Å²) in [5.74, 6) is 1.24. The topological polar surface area (TPSA) is 50.7 Å². The first-order valence-electron chi connectivity index (χ1n) is 5.72. The van der Waals surface area contributed by atoms with E-state index < -0.39 is 5.54 Å². The predicted octanol–water partition coefficient (Wildman–Crippen LogP) is 3.06. The van der Waals surface area contributed by atoms with Crippen LogP contribution in [-0.2, 0) is 0 Å². The summed E-state index contributed by atoms with van der Waals surface area (Å²) in [5.41, 5.74) is 1.17. The SMILES string of the molecule is CCC(CCl)(CCl)Nc1nnc2ccccc2n1. The molecule has 1 N–H and O–H groups in total. The molecular formula is C12H14Cl2N4.